The summed E-state index contributed by atoms with van der Waals surface area (Å²) < 4.78 is 5.27. The number of aryl methyl sites for hydroxylation is 1. The zero-order valence-electron chi connectivity index (χ0n) is 13.2. The zero-order chi connectivity index (χ0) is 16.7. The molecule has 0 radical (unpaired) electrons. The maximum atomic E-state index is 11.9. The number of carbonyl (C=O) groups is 1. The maximum Gasteiger partial charge on any atom is 0.244 e. The second-order valence-electron chi connectivity index (χ2n) is 5.11. The highest BCUT2D eigenvalue weighted by Gasteiger charge is 2.02. The van der Waals surface area contributed by atoms with Crippen LogP contribution in [0.3, 0.4) is 0 Å². The summed E-state index contributed by atoms with van der Waals surface area (Å²) in [5.41, 5.74) is 3.42. The molecule has 0 saturated carbocycles. The van der Waals surface area contributed by atoms with Gasteiger partial charge in [0.1, 0.15) is 5.75 Å². The van der Waals surface area contributed by atoms with Crippen molar-refractivity contribution in [1.82, 2.24) is 5.32 Å². The van der Waals surface area contributed by atoms with Gasteiger partial charge in [-0.25, -0.2) is 0 Å². The van der Waals surface area contributed by atoms with Gasteiger partial charge in [-0.1, -0.05) is 23.8 Å². The highest BCUT2D eigenvalue weighted by molar-refractivity contribution is 5.92. The monoisotopic (exact) mass is 306 g/mol. The van der Waals surface area contributed by atoms with E-state index in [-0.39, 0.29) is 5.91 Å². The Balaban J connectivity index is 1.99. The molecule has 2 aromatic rings. The van der Waals surface area contributed by atoms with Crippen molar-refractivity contribution in [2.75, 3.05) is 7.11 Å². The summed E-state index contributed by atoms with van der Waals surface area (Å²) in [5, 5.41) is 11.7. The third-order valence-electron chi connectivity index (χ3n) is 3.32. The number of nitriles is 1. The van der Waals surface area contributed by atoms with Crippen molar-refractivity contribution in [2.45, 2.75) is 13.5 Å². The van der Waals surface area contributed by atoms with Crippen LogP contribution in [-0.4, -0.2) is 13.0 Å². The van der Waals surface area contributed by atoms with E-state index in [1.165, 1.54) is 6.08 Å². The molecular formula is C19H18N2O2. The van der Waals surface area contributed by atoms with E-state index in [9.17, 15) is 4.79 Å². The van der Waals surface area contributed by atoms with Crippen LogP contribution in [0.1, 0.15) is 22.3 Å². The quantitative estimate of drug-likeness (QED) is 0.863. The summed E-state index contributed by atoms with van der Waals surface area (Å²) >= 11 is 0. The molecule has 23 heavy (non-hydrogen) atoms. The Morgan fingerprint density at radius 2 is 2.13 bits per heavy atom. The molecule has 0 aliphatic heterocycles. The number of benzene rings is 2. The Bertz CT molecular complexity index is 773. The molecule has 0 bridgehead atoms. The Labute approximate surface area is 136 Å². The van der Waals surface area contributed by atoms with Crippen molar-refractivity contribution in [3.63, 3.8) is 0 Å². The van der Waals surface area contributed by atoms with Crippen LogP contribution >= 0.6 is 0 Å². The molecule has 0 saturated heterocycles. The van der Waals surface area contributed by atoms with E-state index in [1.54, 1.807) is 31.4 Å². The highest BCUT2D eigenvalue weighted by atomic mass is 16.5. The van der Waals surface area contributed by atoms with E-state index in [2.05, 4.69) is 11.4 Å². The van der Waals surface area contributed by atoms with Gasteiger partial charge in [0, 0.05) is 18.2 Å². The second-order valence-corrected chi connectivity index (χ2v) is 5.11. The molecule has 2 aromatic carbocycles. The molecule has 116 valence electrons. The molecule has 0 heterocycles. The molecule has 1 amide bonds. The van der Waals surface area contributed by atoms with Gasteiger partial charge in [-0.15, -0.1) is 0 Å². The first-order chi connectivity index (χ1) is 11.1. The standard InChI is InChI=1S/C19H18N2O2/c1-14-6-8-18(23-2)17(10-14)7-9-19(22)21-13-16-5-3-4-15(11-16)12-20/h3-11H,13H2,1-2H3,(H,21,22)/b9-7+. The summed E-state index contributed by atoms with van der Waals surface area (Å²) in [6.07, 6.45) is 3.21. The molecule has 0 fully saturated rings. The van der Waals surface area contributed by atoms with Gasteiger partial charge in [0.2, 0.25) is 5.91 Å². The Morgan fingerprint density at radius 1 is 1.30 bits per heavy atom. The minimum absolute atomic E-state index is 0.198. The Morgan fingerprint density at radius 3 is 2.87 bits per heavy atom. The second kappa shape index (κ2) is 7.81. The SMILES string of the molecule is COc1ccc(C)cc1/C=C/C(=O)NCc1cccc(C#N)c1. The lowest BCUT2D eigenvalue weighted by molar-refractivity contribution is -0.116. The minimum Gasteiger partial charge on any atom is -0.496 e. The molecular weight excluding hydrogens is 288 g/mol. The van der Waals surface area contributed by atoms with E-state index in [0.29, 0.717) is 12.1 Å². The fourth-order valence-electron chi connectivity index (χ4n) is 2.15. The Kier molecular flexibility index (Phi) is 5.54. The summed E-state index contributed by atoms with van der Waals surface area (Å²) in [6.45, 7) is 2.36. The summed E-state index contributed by atoms with van der Waals surface area (Å²) in [7, 11) is 1.60. The number of nitrogens with one attached hydrogen (secondary N) is 1. The molecule has 0 atom stereocenters. The lowest BCUT2D eigenvalue weighted by Gasteiger charge is -2.06. The lowest BCUT2D eigenvalue weighted by Crippen LogP contribution is -2.20. The fourth-order valence-corrected chi connectivity index (χ4v) is 2.15. The average Bonchev–Trinajstić information content (AvgIpc) is 2.58. The molecule has 0 aliphatic carbocycles. The summed E-state index contributed by atoms with van der Waals surface area (Å²) in [6, 6.07) is 15.0. The molecule has 0 unspecified atom stereocenters. The third kappa shape index (κ3) is 4.72. The van der Waals surface area contributed by atoms with Crippen molar-refractivity contribution in [1.29, 1.82) is 5.26 Å². The van der Waals surface area contributed by atoms with E-state index < -0.39 is 0 Å². The first-order valence-corrected chi connectivity index (χ1v) is 7.22. The van der Waals surface area contributed by atoms with E-state index in [4.69, 9.17) is 10.00 Å². The number of methoxy groups -OCH3 is 1. The van der Waals surface area contributed by atoms with E-state index in [1.807, 2.05) is 31.2 Å². The van der Waals surface area contributed by atoms with Crippen LogP contribution in [0, 0.1) is 18.3 Å². The summed E-state index contributed by atoms with van der Waals surface area (Å²) in [4.78, 5) is 11.9. The van der Waals surface area contributed by atoms with E-state index in [0.717, 1.165) is 22.4 Å². The lowest BCUT2D eigenvalue weighted by atomic mass is 10.1. The van der Waals surface area contributed by atoms with Crippen molar-refractivity contribution in [2.24, 2.45) is 0 Å². The topological polar surface area (TPSA) is 62.1 Å². The number of ether oxygens (including phenoxy) is 1. The molecule has 1 N–H and O–H groups in total. The van der Waals surface area contributed by atoms with Crippen molar-refractivity contribution >= 4 is 12.0 Å². The van der Waals surface area contributed by atoms with Gasteiger partial charge in [0.05, 0.1) is 18.7 Å². The van der Waals surface area contributed by atoms with E-state index >= 15 is 0 Å². The molecule has 2 rings (SSSR count). The van der Waals surface area contributed by atoms with Crippen LogP contribution in [0.15, 0.2) is 48.5 Å². The van der Waals surface area contributed by atoms with Gasteiger partial charge in [-0.05, 0) is 42.8 Å². The van der Waals surface area contributed by atoms with Gasteiger partial charge in [0.15, 0.2) is 0 Å². The number of rotatable bonds is 5. The fraction of sp³-hybridized carbons (Fsp3) is 0.158. The van der Waals surface area contributed by atoms with Crippen molar-refractivity contribution in [3.8, 4) is 11.8 Å². The number of nitrogens with zero attached hydrogens (tertiary/aromatic N) is 1. The van der Waals surface area contributed by atoms with Crippen LogP contribution < -0.4 is 10.1 Å². The van der Waals surface area contributed by atoms with Crippen LogP contribution in [0.5, 0.6) is 5.75 Å². The Hall–Kier alpha value is -3.06. The number of hydrogen-bond acceptors (Lipinski definition) is 3. The van der Waals surface area contributed by atoms with Gasteiger partial charge in [-0.2, -0.15) is 5.26 Å². The normalized spacial score (nSPS) is 10.3. The number of carbonyl (C=O) groups excluding carboxylic acids is 1. The molecule has 4 nitrogen and oxygen atoms in total. The first kappa shape index (κ1) is 16.3. The van der Waals surface area contributed by atoms with Gasteiger partial charge in [-0.3, -0.25) is 4.79 Å². The van der Waals surface area contributed by atoms with Crippen LogP contribution in [0.2, 0.25) is 0 Å². The first-order valence-electron chi connectivity index (χ1n) is 7.22. The zero-order valence-corrected chi connectivity index (χ0v) is 13.2. The minimum atomic E-state index is -0.198. The number of hydrogen-bond donors (Lipinski definition) is 1. The molecule has 0 spiro atoms. The van der Waals surface area contributed by atoms with Crippen LogP contribution in [0.25, 0.3) is 6.08 Å². The summed E-state index contributed by atoms with van der Waals surface area (Å²) in [5.74, 6) is 0.525. The maximum absolute atomic E-state index is 11.9. The average molecular weight is 306 g/mol. The number of amides is 1. The predicted molar refractivity (Wildman–Crippen MR) is 89.8 cm³/mol. The molecule has 4 heteroatoms. The van der Waals surface area contributed by atoms with Crippen LogP contribution in [-0.2, 0) is 11.3 Å². The predicted octanol–water partition coefficient (Wildman–Crippen LogP) is 3.20. The van der Waals surface area contributed by atoms with Crippen molar-refractivity contribution < 1.29 is 9.53 Å². The smallest absolute Gasteiger partial charge is 0.244 e. The van der Waals surface area contributed by atoms with Gasteiger partial charge >= 0.3 is 0 Å². The van der Waals surface area contributed by atoms with Crippen molar-refractivity contribution in [3.05, 3.63) is 70.8 Å². The largest absolute Gasteiger partial charge is 0.496 e. The van der Waals surface area contributed by atoms with Gasteiger partial charge < -0.3 is 10.1 Å². The van der Waals surface area contributed by atoms with Crippen LogP contribution in [0.4, 0.5) is 0 Å². The molecule has 0 aromatic heterocycles. The van der Waals surface area contributed by atoms with Gasteiger partial charge in [0.25, 0.3) is 0 Å². The third-order valence-corrected chi connectivity index (χ3v) is 3.32. The molecule has 0 aliphatic rings. The highest BCUT2D eigenvalue weighted by Crippen LogP contribution is 2.20.